The molecule has 0 aliphatic carbocycles. The van der Waals surface area contributed by atoms with Gasteiger partial charge >= 0.3 is 0 Å². The number of rotatable bonds is 3. The minimum absolute atomic E-state index is 0.00756. The largest absolute Gasteiger partial charge is 0.348 e. The van der Waals surface area contributed by atoms with Gasteiger partial charge in [0.05, 0.1) is 10.2 Å². The maximum absolute atomic E-state index is 13.2. The summed E-state index contributed by atoms with van der Waals surface area (Å²) < 4.78 is 2.83. The molecule has 1 saturated heterocycles. The second-order valence-corrected chi connectivity index (χ2v) is 9.65. The minimum atomic E-state index is -0.0367. The normalized spacial score (nSPS) is 19.7. The summed E-state index contributed by atoms with van der Waals surface area (Å²) in [7, 11) is 0. The fourth-order valence-electron chi connectivity index (χ4n) is 4.44. The second-order valence-electron chi connectivity index (χ2n) is 8.79. The third-order valence-corrected chi connectivity index (χ3v) is 5.54. The molecule has 2 N–H and O–H groups in total. The Labute approximate surface area is 164 Å². The van der Waals surface area contributed by atoms with Crippen LogP contribution in [0, 0.1) is 6.92 Å². The van der Waals surface area contributed by atoms with Crippen LogP contribution < -0.4 is 10.6 Å². The summed E-state index contributed by atoms with van der Waals surface area (Å²) in [5.74, 6) is -0.0367. The molecule has 1 aliphatic rings. The van der Waals surface area contributed by atoms with Crippen LogP contribution in [0.4, 0.5) is 0 Å². The molecule has 0 saturated carbocycles. The van der Waals surface area contributed by atoms with Crippen molar-refractivity contribution in [3.05, 3.63) is 33.7 Å². The molecule has 3 heterocycles. The molecule has 6 heteroatoms. The molecule has 1 amide bonds. The van der Waals surface area contributed by atoms with Gasteiger partial charge in [-0.25, -0.2) is 4.98 Å². The number of halogens is 1. The summed E-state index contributed by atoms with van der Waals surface area (Å²) in [4.78, 5) is 17.9. The summed E-state index contributed by atoms with van der Waals surface area (Å²) in [5, 5.41) is 6.95. The number of nitrogens with zero attached hydrogens (tertiary/aromatic N) is 2. The van der Waals surface area contributed by atoms with Crippen LogP contribution in [0.3, 0.4) is 0 Å². The Morgan fingerprint density at radius 3 is 2.54 bits per heavy atom. The summed E-state index contributed by atoms with van der Waals surface area (Å²) in [6, 6.07) is 2.17. The molecule has 3 rings (SSSR count). The molecule has 0 atom stereocenters. The zero-order valence-electron chi connectivity index (χ0n) is 16.5. The number of carbonyl (C=O) groups is 1. The predicted octanol–water partition coefficient (Wildman–Crippen LogP) is 4.01. The molecule has 5 nitrogen and oxygen atoms in total. The molecule has 1 aliphatic heterocycles. The average Bonchev–Trinajstić information content (AvgIpc) is 2.82. The number of fused-ring (bicyclic) bond motifs is 1. The van der Waals surface area contributed by atoms with Crippen molar-refractivity contribution < 1.29 is 4.79 Å². The molecule has 2 aromatic rings. The highest BCUT2D eigenvalue weighted by Crippen LogP contribution is 2.29. The SMILES string of the molecule is CCc1nc2c(Br)cc(C)cn2c1C(=O)NC1CC(C)(C)NC(C)(C)C1. The molecule has 1 fully saturated rings. The van der Waals surface area contributed by atoms with Gasteiger partial charge in [0.25, 0.3) is 5.91 Å². The van der Waals surface area contributed by atoms with Crippen LogP contribution in [0.1, 0.15) is 69.2 Å². The molecule has 0 unspecified atom stereocenters. The van der Waals surface area contributed by atoms with Crippen LogP contribution in [0.5, 0.6) is 0 Å². The Bertz CT molecular complexity index is 837. The number of nitrogens with one attached hydrogen (secondary N) is 2. The van der Waals surface area contributed by atoms with Crippen LogP contribution in [-0.2, 0) is 6.42 Å². The van der Waals surface area contributed by atoms with E-state index in [2.05, 4.69) is 59.2 Å². The average molecular weight is 421 g/mol. The number of aryl methyl sites for hydroxylation is 2. The van der Waals surface area contributed by atoms with Gasteiger partial charge in [0.15, 0.2) is 5.65 Å². The third-order valence-electron chi connectivity index (χ3n) is 4.96. The summed E-state index contributed by atoms with van der Waals surface area (Å²) >= 11 is 3.58. The molecule has 0 bridgehead atoms. The number of hydrogen-bond acceptors (Lipinski definition) is 3. The number of amides is 1. The number of aromatic nitrogens is 2. The lowest BCUT2D eigenvalue weighted by Crippen LogP contribution is -2.62. The van der Waals surface area contributed by atoms with Crippen molar-refractivity contribution in [3.63, 3.8) is 0 Å². The number of imidazole rings is 1. The fourth-order valence-corrected chi connectivity index (χ4v) is 5.08. The fraction of sp³-hybridized carbons (Fsp3) is 0.600. The van der Waals surface area contributed by atoms with E-state index in [1.807, 2.05) is 30.5 Å². The lowest BCUT2D eigenvalue weighted by Gasteiger charge is -2.46. The lowest BCUT2D eigenvalue weighted by atomic mass is 9.79. The Kier molecular flexibility index (Phi) is 4.95. The van der Waals surface area contributed by atoms with E-state index in [1.165, 1.54) is 0 Å². The van der Waals surface area contributed by atoms with Crippen LogP contribution >= 0.6 is 15.9 Å². The molecular weight excluding hydrogens is 392 g/mol. The van der Waals surface area contributed by atoms with E-state index in [1.54, 1.807) is 0 Å². The van der Waals surface area contributed by atoms with Crippen LogP contribution in [0.2, 0.25) is 0 Å². The topological polar surface area (TPSA) is 58.4 Å². The van der Waals surface area contributed by atoms with Crippen molar-refractivity contribution in [2.24, 2.45) is 0 Å². The van der Waals surface area contributed by atoms with Crippen LogP contribution in [0.25, 0.3) is 5.65 Å². The molecule has 26 heavy (non-hydrogen) atoms. The maximum Gasteiger partial charge on any atom is 0.270 e. The first-order chi connectivity index (χ1) is 12.0. The lowest BCUT2D eigenvalue weighted by molar-refractivity contribution is 0.0866. The first-order valence-corrected chi connectivity index (χ1v) is 10.1. The van der Waals surface area contributed by atoms with Crippen molar-refractivity contribution >= 4 is 27.5 Å². The van der Waals surface area contributed by atoms with E-state index in [4.69, 9.17) is 0 Å². The highest BCUT2D eigenvalue weighted by atomic mass is 79.9. The Balaban J connectivity index is 1.95. The van der Waals surface area contributed by atoms with E-state index in [0.29, 0.717) is 5.69 Å². The van der Waals surface area contributed by atoms with Crippen molar-refractivity contribution in [2.75, 3.05) is 0 Å². The third kappa shape index (κ3) is 3.81. The number of carbonyl (C=O) groups excluding carboxylic acids is 1. The van der Waals surface area contributed by atoms with Crippen molar-refractivity contribution in [1.29, 1.82) is 0 Å². The summed E-state index contributed by atoms with van der Waals surface area (Å²) in [6.45, 7) is 12.8. The van der Waals surface area contributed by atoms with E-state index >= 15 is 0 Å². The van der Waals surface area contributed by atoms with Crippen molar-refractivity contribution in [1.82, 2.24) is 20.0 Å². The molecule has 0 spiro atoms. The number of hydrogen-bond donors (Lipinski definition) is 2. The zero-order chi connectivity index (χ0) is 19.3. The molecule has 142 valence electrons. The summed E-state index contributed by atoms with van der Waals surface area (Å²) in [6.07, 6.45) is 4.52. The Hall–Kier alpha value is -1.40. The van der Waals surface area contributed by atoms with Gasteiger partial charge in [-0.2, -0.15) is 0 Å². The second kappa shape index (κ2) is 6.64. The van der Waals surface area contributed by atoms with E-state index in [-0.39, 0.29) is 23.0 Å². The Morgan fingerprint density at radius 1 is 1.35 bits per heavy atom. The van der Waals surface area contributed by atoms with Crippen LogP contribution in [0.15, 0.2) is 16.7 Å². The maximum atomic E-state index is 13.2. The van der Waals surface area contributed by atoms with Gasteiger partial charge in [0.1, 0.15) is 5.69 Å². The van der Waals surface area contributed by atoms with Gasteiger partial charge in [-0.15, -0.1) is 0 Å². The van der Waals surface area contributed by atoms with E-state index < -0.39 is 0 Å². The zero-order valence-corrected chi connectivity index (χ0v) is 18.1. The van der Waals surface area contributed by atoms with Gasteiger partial charge in [0.2, 0.25) is 0 Å². The molecule has 0 radical (unpaired) electrons. The summed E-state index contributed by atoms with van der Waals surface area (Å²) in [5.41, 5.74) is 3.35. The predicted molar refractivity (Wildman–Crippen MR) is 109 cm³/mol. The van der Waals surface area contributed by atoms with Gasteiger partial charge < -0.3 is 10.6 Å². The van der Waals surface area contributed by atoms with Crippen LogP contribution in [-0.4, -0.2) is 32.4 Å². The van der Waals surface area contributed by atoms with Crippen molar-refractivity contribution in [2.45, 2.75) is 77.9 Å². The highest BCUT2D eigenvalue weighted by molar-refractivity contribution is 9.10. The Morgan fingerprint density at radius 2 is 1.96 bits per heavy atom. The number of pyridine rings is 1. The van der Waals surface area contributed by atoms with Gasteiger partial charge in [0, 0.05) is 23.3 Å². The number of piperidine rings is 1. The first-order valence-electron chi connectivity index (χ1n) is 9.28. The molecule has 0 aromatic carbocycles. The van der Waals surface area contributed by atoms with E-state index in [9.17, 15) is 4.79 Å². The monoisotopic (exact) mass is 420 g/mol. The van der Waals surface area contributed by atoms with Gasteiger partial charge in [-0.3, -0.25) is 9.20 Å². The smallest absolute Gasteiger partial charge is 0.270 e. The van der Waals surface area contributed by atoms with E-state index in [0.717, 1.165) is 40.6 Å². The first kappa shape index (κ1) is 19.4. The van der Waals surface area contributed by atoms with Crippen molar-refractivity contribution in [3.8, 4) is 0 Å². The van der Waals surface area contributed by atoms with Gasteiger partial charge in [-0.1, -0.05) is 6.92 Å². The van der Waals surface area contributed by atoms with Gasteiger partial charge in [-0.05, 0) is 81.4 Å². The minimum Gasteiger partial charge on any atom is -0.348 e. The standard InChI is InChI=1S/C20H29BrN4O/c1-7-15-16(25-11-12(2)8-14(21)17(25)23-15)18(26)22-13-9-19(3,4)24-20(5,6)10-13/h8,11,13,24H,7,9-10H2,1-6H3,(H,22,26). The molecule has 2 aromatic heterocycles. The molecular formula is C20H29BrN4O. The highest BCUT2D eigenvalue weighted by Gasteiger charge is 2.38. The quantitative estimate of drug-likeness (QED) is 0.788.